The molecule has 1 N–H and O–H groups in total. The molecule has 0 aliphatic carbocycles. The molecule has 1 aromatic heterocycles. The van der Waals surface area contributed by atoms with Crippen LogP contribution in [0.5, 0.6) is 17.4 Å². The summed E-state index contributed by atoms with van der Waals surface area (Å²) in [7, 11) is 3.01. The van der Waals surface area contributed by atoms with E-state index in [1.54, 1.807) is 24.3 Å². The molecule has 37 heavy (non-hydrogen) atoms. The number of carbonyl (C=O) groups is 2. The van der Waals surface area contributed by atoms with Gasteiger partial charge in [0.1, 0.15) is 0 Å². The van der Waals surface area contributed by atoms with Crippen molar-refractivity contribution in [3.05, 3.63) is 93.3 Å². The van der Waals surface area contributed by atoms with Crippen LogP contribution >= 0.6 is 34.5 Å². The highest BCUT2D eigenvalue weighted by Crippen LogP contribution is 2.38. The van der Waals surface area contributed by atoms with Crippen LogP contribution in [0.15, 0.2) is 72.1 Å². The van der Waals surface area contributed by atoms with Crippen LogP contribution in [0.2, 0.25) is 10.0 Å². The average Bonchev–Trinajstić information content (AvgIpc) is 3.35. The first kappa shape index (κ1) is 26.3. The summed E-state index contributed by atoms with van der Waals surface area (Å²) < 4.78 is 16.1. The van der Waals surface area contributed by atoms with E-state index in [9.17, 15) is 9.59 Å². The van der Waals surface area contributed by atoms with Gasteiger partial charge in [0.25, 0.3) is 5.91 Å². The van der Waals surface area contributed by atoms with Gasteiger partial charge < -0.3 is 19.5 Å². The van der Waals surface area contributed by atoms with Crippen molar-refractivity contribution >= 4 is 57.4 Å². The van der Waals surface area contributed by atoms with Crippen molar-refractivity contribution in [3.8, 4) is 17.4 Å². The number of amides is 2. The first-order chi connectivity index (χ1) is 17.9. The third kappa shape index (κ3) is 6.32. The van der Waals surface area contributed by atoms with E-state index in [0.717, 1.165) is 16.9 Å². The fourth-order valence-corrected chi connectivity index (χ4v) is 4.60. The van der Waals surface area contributed by atoms with Crippen molar-refractivity contribution in [3.63, 3.8) is 0 Å². The van der Waals surface area contributed by atoms with E-state index in [-0.39, 0.29) is 21.6 Å². The third-order valence-electron chi connectivity index (χ3n) is 5.13. The Kier molecular flexibility index (Phi) is 8.50. The summed E-state index contributed by atoms with van der Waals surface area (Å²) >= 11 is 13.5. The summed E-state index contributed by atoms with van der Waals surface area (Å²) in [6, 6.07) is 19.0. The van der Waals surface area contributed by atoms with Gasteiger partial charge in [-0.1, -0.05) is 53.5 Å². The van der Waals surface area contributed by atoms with E-state index >= 15 is 0 Å². The number of hydrogen-bond acceptors (Lipinski definition) is 7. The number of anilines is 2. The van der Waals surface area contributed by atoms with E-state index in [1.165, 1.54) is 36.6 Å². The summed E-state index contributed by atoms with van der Waals surface area (Å²) in [5.41, 5.74) is 1.56. The molecule has 190 valence electrons. The molecule has 0 atom stereocenters. The maximum absolute atomic E-state index is 13.7. The van der Waals surface area contributed by atoms with E-state index < -0.39 is 12.0 Å². The fraction of sp³-hybridized carbons (Fsp3) is 0.115. The zero-order valence-corrected chi connectivity index (χ0v) is 22.1. The minimum Gasteiger partial charge on any atom is -0.493 e. The molecule has 0 bridgehead atoms. The normalized spacial score (nSPS) is 10.5. The maximum Gasteiger partial charge on any atom is 0.414 e. The fourth-order valence-electron chi connectivity index (χ4n) is 3.36. The Morgan fingerprint density at radius 3 is 2.43 bits per heavy atom. The number of ether oxygens (including phenoxy) is 3. The van der Waals surface area contributed by atoms with Gasteiger partial charge in [0, 0.05) is 17.6 Å². The Labute approximate surface area is 227 Å². The number of rotatable bonds is 8. The Morgan fingerprint density at radius 1 is 0.973 bits per heavy atom. The molecule has 0 fully saturated rings. The van der Waals surface area contributed by atoms with Crippen LogP contribution in [0.4, 0.5) is 15.6 Å². The van der Waals surface area contributed by atoms with Crippen LogP contribution < -0.4 is 24.4 Å². The molecule has 0 aliphatic rings. The number of nitrogens with zero attached hydrogens (tertiary/aromatic N) is 2. The maximum atomic E-state index is 13.7. The molecule has 0 radical (unpaired) electrons. The smallest absolute Gasteiger partial charge is 0.414 e. The van der Waals surface area contributed by atoms with Crippen molar-refractivity contribution in [2.45, 2.75) is 6.54 Å². The highest BCUT2D eigenvalue weighted by Gasteiger charge is 2.26. The predicted molar refractivity (Wildman–Crippen MR) is 144 cm³/mol. The molecular weight excluding hydrogens is 537 g/mol. The molecule has 0 saturated heterocycles. The van der Waals surface area contributed by atoms with Gasteiger partial charge in [0.15, 0.2) is 11.5 Å². The first-order valence-corrected chi connectivity index (χ1v) is 12.5. The topological polar surface area (TPSA) is 90.0 Å². The van der Waals surface area contributed by atoms with E-state index in [0.29, 0.717) is 28.8 Å². The molecule has 11 heteroatoms. The number of halogens is 2. The zero-order chi connectivity index (χ0) is 26.4. The van der Waals surface area contributed by atoms with Gasteiger partial charge in [-0.05, 0) is 35.9 Å². The van der Waals surface area contributed by atoms with Crippen molar-refractivity contribution in [1.82, 2.24) is 10.3 Å². The van der Waals surface area contributed by atoms with Crippen LogP contribution in [0.25, 0.3) is 0 Å². The number of thiazole rings is 1. The third-order valence-corrected chi connectivity index (χ3v) is 6.48. The highest BCUT2D eigenvalue weighted by atomic mass is 35.5. The molecule has 0 unspecified atom stereocenters. The van der Waals surface area contributed by atoms with Crippen molar-refractivity contribution in [2.75, 3.05) is 19.1 Å². The number of methoxy groups -OCH3 is 2. The lowest BCUT2D eigenvalue weighted by atomic mass is 10.1. The van der Waals surface area contributed by atoms with Crippen molar-refractivity contribution in [1.29, 1.82) is 0 Å². The highest BCUT2D eigenvalue weighted by molar-refractivity contribution is 7.14. The SMILES string of the molecule is COc1ccc(N(C(=O)c2ccc(Cl)cc2Cl)c2nc(OC(=O)NCc3ccccc3)cs2)cc1OC. The molecule has 1 heterocycles. The van der Waals surface area contributed by atoms with E-state index in [4.69, 9.17) is 37.4 Å². The molecule has 4 aromatic rings. The second-order valence-electron chi connectivity index (χ2n) is 7.50. The average molecular weight is 558 g/mol. The van der Waals surface area contributed by atoms with Gasteiger partial charge in [0.2, 0.25) is 11.0 Å². The molecule has 3 aromatic carbocycles. The van der Waals surface area contributed by atoms with Gasteiger partial charge in [-0.25, -0.2) is 4.79 Å². The number of carbonyl (C=O) groups excluding carboxylic acids is 2. The summed E-state index contributed by atoms with van der Waals surface area (Å²) in [6.45, 7) is 0.294. The van der Waals surface area contributed by atoms with Gasteiger partial charge in [-0.2, -0.15) is 4.98 Å². The zero-order valence-electron chi connectivity index (χ0n) is 19.7. The molecule has 2 amide bonds. The minimum atomic E-state index is -0.676. The molecule has 0 spiro atoms. The van der Waals surface area contributed by atoms with Gasteiger partial charge >= 0.3 is 6.09 Å². The number of nitrogens with one attached hydrogen (secondary N) is 1. The molecule has 4 rings (SSSR count). The molecule has 0 aliphatic heterocycles. The number of aromatic nitrogens is 1. The predicted octanol–water partition coefficient (Wildman–Crippen LogP) is 6.73. The van der Waals surface area contributed by atoms with Crippen LogP contribution in [-0.4, -0.2) is 31.2 Å². The Hall–Kier alpha value is -3.79. The van der Waals surface area contributed by atoms with Crippen molar-refractivity contribution in [2.24, 2.45) is 0 Å². The Balaban J connectivity index is 1.63. The quantitative estimate of drug-likeness (QED) is 0.258. The summed E-state index contributed by atoms with van der Waals surface area (Å²) in [4.78, 5) is 31.7. The van der Waals surface area contributed by atoms with E-state index in [2.05, 4.69) is 10.3 Å². The summed E-state index contributed by atoms with van der Waals surface area (Å²) in [5.74, 6) is 0.462. The largest absolute Gasteiger partial charge is 0.493 e. The second-order valence-corrected chi connectivity index (χ2v) is 9.18. The molecular formula is C26H21Cl2N3O5S. The van der Waals surface area contributed by atoms with E-state index in [1.807, 2.05) is 30.3 Å². The number of benzene rings is 3. The van der Waals surface area contributed by atoms with Gasteiger partial charge in [0.05, 0.1) is 35.9 Å². The van der Waals surface area contributed by atoms with Crippen molar-refractivity contribution < 1.29 is 23.8 Å². The lowest BCUT2D eigenvalue weighted by Gasteiger charge is -2.22. The summed E-state index contributed by atoms with van der Waals surface area (Å²) in [6.07, 6.45) is -0.676. The van der Waals surface area contributed by atoms with Crippen LogP contribution in [0.3, 0.4) is 0 Å². The van der Waals surface area contributed by atoms with Crippen LogP contribution in [0.1, 0.15) is 15.9 Å². The van der Waals surface area contributed by atoms with Gasteiger partial charge in [-0.3, -0.25) is 9.69 Å². The van der Waals surface area contributed by atoms with Gasteiger partial charge in [-0.15, -0.1) is 11.3 Å². The Bertz CT molecular complexity index is 1410. The lowest BCUT2D eigenvalue weighted by molar-refractivity contribution is 0.0999. The molecule has 8 nitrogen and oxygen atoms in total. The second kappa shape index (κ2) is 12.0. The standard InChI is InChI=1S/C26H21Cl2N3O5S/c1-34-21-11-9-18(13-22(21)35-2)31(24(32)19-10-8-17(27)12-20(19)28)25-30-23(15-37-25)36-26(33)29-14-16-6-4-3-5-7-16/h3-13,15H,14H2,1-2H3,(H,29,33). The summed E-state index contributed by atoms with van der Waals surface area (Å²) in [5, 5.41) is 5.01. The molecule has 0 saturated carbocycles. The van der Waals surface area contributed by atoms with Crippen LogP contribution in [0, 0.1) is 0 Å². The first-order valence-electron chi connectivity index (χ1n) is 10.9. The minimum absolute atomic E-state index is 0.0334. The number of hydrogen-bond donors (Lipinski definition) is 1. The monoisotopic (exact) mass is 557 g/mol. The lowest BCUT2D eigenvalue weighted by Crippen LogP contribution is -2.27. The Morgan fingerprint density at radius 2 is 1.73 bits per heavy atom. The van der Waals surface area contributed by atoms with Crippen LogP contribution in [-0.2, 0) is 6.54 Å².